The summed E-state index contributed by atoms with van der Waals surface area (Å²) in [5.41, 5.74) is 1.30. The van der Waals surface area contributed by atoms with E-state index in [9.17, 15) is 0 Å². The first-order chi connectivity index (χ1) is 9.29. The molecule has 1 aliphatic heterocycles. The van der Waals surface area contributed by atoms with E-state index in [2.05, 4.69) is 42.6 Å². The molecule has 0 spiro atoms. The van der Waals surface area contributed by atoms with Gasteiger partial charge in [-0.25, -0.2) is 0 Å². The second-order valence-corrected chi connectivity index (χ2v) is 13.9. The van der Waals surface area contributed by atoms with Crippen LogP contribution >= 0.6 is 73.1 Å². The summed E-state index contributed by atoms with van der Waals surface area (Å²) in [6.45, 7) is 3.30. The van der Waals surface area contributed by atoms with Crippen molar-refractivity contribution >= 4 is 77.3 Å². The molecule has 0 unspecified atom stereocenters. The highest BCUT2D eigenvalue weighted by atomic mass is 33.9. The second-order valence-electron chi connectivity index (χ2n) is 3.82. The maximum absolute atomic E-state index is 5.74. The first-order valence-corrected chi connectivity index (χ1v) is 13.7. The van der Waals surface area contributed by atoms with Crippen LogP contribution in [0.2, 0.25) is 0 Å². The molecule has 1 atom stereocenters. The smallest absolute Gasteiger partial charge is 0.222 e. The van der Waals surface area contributed by atoms with Gasteiger partial charge in [0.1, 0.15) is 4.20 Å². The quantitative estimate of drug-likeness (QED) is 0.565. The minimum absolute atomic E-state index is 0.150. The van der Waals surface area contributed by atoms with Crippen LogP contribution in [0.4, 0.5) is 0 Å². The molecule has 0 bridgehead atoms. The van der Waals surface area contributed by atoms with Gasteiger partial charge in [-0.1, -0.05) is 49.5 Å². The Labute approximate surface area is 142 Å². The van der Waals surface area contributed by atoms with Gasteiger partial charge in [-0.05, 0) is 67.3 Å². The number of benzene rings is 1. The molecule has 1 aliphatic rings. The van der Waals surface area contributed by atoms with Gasteiger partial charge in [0.25, 0.3) is 0 Å². The number of hydrogen-bond donors (Lipinski definition) is 1. The Morgan fingerprint density at radius 1 is 1.11 bits per heavy atom. The molecule has 0 aromatic heterocycles. The minimum Gasteiger partial charge on any atom is -0.323 e. The summed E-state index contributed by atoms with van der Waals surface area (Å²) in [6, 6.07) is 10.6. The molecule has 1 nitrogen and oxygen atoms in total. The summed E-state index contributed by atoms with van der Waals surface area (Å²) in [5.74, 6) is 0. The third-order valence-electron chi connectivity index (χ3n) is 2.58. The lowest BCUT2D eigenvalue weighted by Gasteiger charge is -2.31. The lowest BCUT2D eigenvalue weighted by molar-refractivity contribution is -0.692. The summed E-state index contributed by atoms with van der Waals surface area (Å²) < 4.78 is 1.06. The molecule has 0 aliphatic carbocycles. The Kier molecular flexibility index (Phi) is 7.69. The van der Waals surface area contributed by atoms with Crippen LogP contribution < -0.4 is 5.32 Å². The lowest BCUT2D eigenvalue weighted by Crippen LogP contribution is -2.95. The van der Waals surface area contributed by atoms with Crippen LogP contribution in [0.25, 0.3) is 0 Å². The van der Waals surface area contributed by atoms with Crippen LogP contribution in [0, 0.1) is 0 Å². The lowest BCUT2D eigenvalue weighted by atomic mass is 10.1. The van der Waals surface area contributed by atoms with Crippen LogP contribution in [0.1, 0.15) is 18.9 Å². The number of thiocarbonyl (C=S) groups is 1. The second kappa shape index (κ2) is 8.73. The molecule has 1 saturated heterocycles. The maximum atomic E-state index is 5.74. The van der Waals surface area contributed by atoms with Crippen molar-refractivity contribution in [3.63, 3.8) is 0 Å². The van der Waals surface area contributed by atoms with Gasteiger partial charge in [-0.3, -0.25) is 0 Å². The van der Waals surface area contributed by atoms with Gasteiger partial charge in [0.2, 0.25) is 4.87 Å². The van der Waals surface area contributed by atoms with Crippen LogP contribution in [0.15, 0.2) is 30.3 Å². The van der Waals surface area contributed by atoms with E-state index in [0.717, 1.165) is 17.2 Å². The highest BCUT2D eigenvalue weighted by Gasteiger charge is 2.43. The van der Waals surface area contributed by atoms with E-state index in [4.69, 9.17) is 12.2 Å². The highest BCUT2D eigenvalue weighted by molar-refractivity contribution is 9.43. The summed E-state index contributed by atoms with van der Waals surface area (Å²) in [5, 5.41) is 2.40. The van der Waals surface area contributed by atoms with E-state index < -0.39 is 0 Å². The molecule has 19 heavy (non-hydrogen) atoms. The average Bonchev–Trinajstić information content (AvgIpc) is 2.44. The highest BCUT2D eigenvalue weighted by Crippen LogP contribution is 2.60. The molecule has 104 valence electrons. The Morgan fingerprint density at radius 2 is 1.84 bits per heavy atom. The molecule has 1 aromatic carbocycles. The molecule has 1 heterocycles. The summed E-state index contributed by atoms with van der Waals surface area (Å²) >= 11 is 5.74. The van der Waals surface area contributed by atoms with Crippen molar-refractivity contribution in [1.29, 1.82) is 0 Å². The van der Waals surface area contributed by atoms with Gasteiger partial charge in [0.15, 0.2) is 0 Å². The van der Waals surface area contributed by atoms with Crippen LogP contribution in [-0.2, 0) is 4.87 Å². The van der Waals surface area contributed by atoms with Crippen molar-refractivity contribution in [2.45, 2.75) is 18.2 Å². The zero-order valence-electron chi connectivity index (χ0n) is 10.2. The van der Waals surface area contributed by atoms with E-state index >= 15 is 0 Å². The van der Waals surface area contributed by atoms with Crippen molar-refractivity contribution < 1.29 is 5.32 Å². The zero-order valence-corrected chi connectivity index (χ0v) is 16.0. The van der Waals surface area contributed by atoms with Crippen molar-refractivity contribution in [2.75, 3.05) is 6.54 Å². The van der Waals surface area contributed by atoms with Crippen LogP contribution in [0.5, 0.6) is 0 Å². The van der Waals surface area contributed by atoms with E-state index in [0.29, 0.717) is 0 Å². The van der Waals surface area contributed by atoms with Crippen LogP contribution in [-0.4, -0.2) is 10.7 Å². The fraction of sp³-hybridized carbons (Fsp3) is 0.364. The zero-order chi connectivity index (χ0) is 13.6. The molecule has 0 saturated carbocycles. The maximum Gasteiger partial charge on any atom is 0.222 e. The average molecular weight is 385 g/mol. The summed E-state index contributed by atoms with van der Waals surface area (Å²) in [6.07, 6.45) is 1.15. The minimum atomic E-state index is -0.150. The normalized spacial score (nSPS) is 24.8. The molecule has 1 fully saturated rings. The van der Waals surface area contributed by atoms with E-state index in [-0.39, 0.29) is 4.87 Å². The molecule has 1 aromatic rings. The Hall–Kier alpha value is 1.37. The van der Waals surface area contributed by atoms with Crippen molar-refractivity contribution in [3.8, 4) is 0 Å². The topological polar surface area (TPSA) is 16.6 Å². The third kappa shape index (κ3) is 4.42. The standard InChI is InChI=1S/C11H13NS7/c1-2-8-12-11(9-6-4-3-5-7-9)10(13)14-16-18-19-17-15-11/h3-7,12H,2,8H2,1H3/p+1/t11-/m0/s1. The van der Waals surface area contributed by atoms with E-state index in [1.54, 1.807) is 30.4 Å². The summed E-state index contributed by atoms with van der Waals surface area (Å²) in [4.78, 5) is -0.150. The Bertz CT molecular complexity index is 409. The monoisotopic (exact) mass is 384 g/mol. The Morgan fingerprint density at radius 3 is 2.58 bits per heavy atom. The largest absolute Gasteiger partial charge is 0.323 e. The fourth-order valence-corrected chi connectivity index (χ4v) is 15.3. The van der Waals surface area contributed by atoms with Crippen molar-refractivity contribution in [1.82, 2.24) is 0 Å². The third-order valence-corrected chi connectivity index (χ3v) is 14.8. The van der Waals surface area contributed by atoms with Gasteiger partial charge in [0, 0.05) is 5.56 Å². The van der Waals surface area contributed by atoms with Crippen molar-refractivity contribution in [2.24, 2.45) is 0 Å². The Balaban J connectivity index is 2.33. The fourth-order valence-electron chi connectivity index (χ4n) is 1.67. The van der Waals surface area contributed by atoms with Crippen molar-refractivity contribution in [3.05, 3.63) is 35.9 Å². The summed E-state index contributed by atoms with van der Waals surface area (Å²) in [7, 11) is 10.8. The van der Waals surface area contributed by atoms with Gasteiger partial charge in [-0.2, -0.15) is 0 Å². The molecule has 2 rings (SSSR count). The first-order valence-electron chi connectivity index (χ1n) is 5.76. The van der Waals surface area contributed by atoms with E-state index in [1.807, 2.05) is 30.4 Å². The molecule has 0 radical (unpaired) electrons. The SMILES string of the molecule is CCC[NH2+][C@@]1(c2ccccc2)SSSSSSC1=S. The van der Waals surface area contributed by atoms with Gasteiger partial charge >= 0.3 is 0 Å². The predicted molar refractivity (Wildman–Crippen MR) is 103 cm³/mol. The molecular weight excluding hydrogens is 371 g/mol. The molecular formula is C11H14NS7+. The first kappa shape index (κ1) is 16.7. The number of quaternary nitrogens is 1. The number of hydrogen-bond acceptors (Lipinski definition) is 7. The predicted octanol–water partition coefficient (Wildman–Crippen LogP) is 5.13. The van der Waals surface area contributed by atoms with Gasteiger partial charge in [-0.15, -0.1) is 0 Å². The number of nitrogens with two attached hydrogens (primary N) is 1. The molecule has 8 heteroatoms. The molecule has 2 N–H and O–H groups in total. The van der Waals surface area contributed by atoms with Gasteiger partial charge in [0.05, 0.1) is 6.54 Å². The molecule has 0 amide bonds. The number of rotatable bonds is 4. The van der Waals surface area contributed by atoms with E-state index in [1.165, 1.54) is 5.56 Å². The van der Waals surface area contributed by atoms with Gasteiger partial charge < -0.3 is 5.32 Å². The van der Waals surface area contributed by atoms with Crippen LogP contribution in [0.3, 0.4) is 0 Å².